The first-order valence-corrected chi connectivity index (χ1v) is 5.95. The Morgan fingerprint density at radius 2 is 2.06 bits per heavy atom. The summed E-state index contributed by atoms with van der Waals surface area (Å²) in [6, 6.07) is 11.9. The molecule has 0 saturated carbocycles. The second kappa shape index (κ2) is 5.19. The van der Waals surface area contributed by atoms with Crippen LogP contribution in [0.2, 0.25) is 0 Å². The first kappa shape index (κ1) is 11.9. The molecule has 0 bridgehead atoms. The van der Waals surface area contributed by atoms with Crippen molar-refractivity contribution in [2.75, 3.05) is 7.11 Å². The lowest BCUT2D eigenvalue weighted by Gasteiger charge is -2.07. The fourth-order valence-electron chi connectivity index (χ4n) is 1.67. The summed E-state index contributed by atoms with van der Waals surface area (Å²) in [5.41, 5.74) is 4.03. The second-order valence-electron chi connectivity index (χ2n) is 3.81. The topological polar surface area (TPSA) is 22.1 Å². The quantitative estimate of drug-likeness (QED) is 0.770. The van der Waals surface area contributed by atoms with Crippen molar-refractivity contribution >= 4 is 11.6 Å². The lowest BCUT2D eigenvalue weighted by Crippen LogP contribution is -1.92. The minimum Gasteiger partial charge on any atom is -0.497 e. The molecule has 0 aliphatic rings. The number of methoxy groups -OCH3 is 1. The van der Waals surface area contributed by atoms with Gasteiger partial charge in [0.05, 0.1) is 12.8 Å². The Labute approximate surface area is 106 Å². The van der Waals surface area contributed by atoms with Gasteiger partial charge in [-0.3, -0.25) is 4.98 Å². The summed E-state index contributed by atoms with van der Waals surface area (Å²) in [5.74, 6) is 1.33. The van der Waals surface area contributed by atoms with E-state index >= 15 is 0 Å². The maximum Gasteiger partial charge on any atom is 0.119 e. The van der Waals surface area contributed by atoms with E-state index < -0.39 is 0 Å². The van der Waals surface area contributed by atoms with Crippen LogP contribution in [0.3, 0.4) is 0 Å². The average molecular weight is 248 g/mol. The molecule has 2 aromatic rings. The molecular formula is C14H14ClNO. The normalized spacial score (nSPS) is 10.3. The summed E-state index contributed by atoms with van der Waals surface area (Å²) in [5, 5.41) is 0. The van der Waals surface area contributed by atoms with Gasteiger partial charge in [0.1, 0.15) is 5.75 Å². The van der Waals surface area contributed by atoms with Gasteiger partial charge in [0, 0.05) is 17.1 Å². The fraction of sp³-hybridized carbons (Fsp3) is 0.214. The van der Waals surface area contributed by atoms with Crippen LogP contribution >= 0.6 is 11.6 Å². The van der Waals surface area contributed by atoms with E-state index in [0.29, 0.717) is 5.88 Å². The van der Waals surface area contributed by atoms with E-state index in [1.54, 1.807) is 7.11 Å². The molecule has 0 aliphatic heterocycles. The number of nitrogens with zero attached hydrogens (tertiary/aromatic N) is 1. The number of hydrogen-bond donors (Lipinski definition) is 0. The first-order chi connectivity index (χ1) is 8.24. The molecule has 0 radical (unpaired) electrons. The van der Waals surface area contributed by atoms with Gasteiger partial charge in [-0.2, -0.15) is 0 Å². The van der Waals surface area contributed by atoms with Crippen LogP contribution in [0.25, 0.3) is 11.3 Å². The van der Waals surface area contributed by atoms with Gasteiger partial charge < -0.3 is 4.74 Å². The van der Waals surface area contributed by atoms with Crippen LogP contribution in [0.5, 0.6) is 5.75 Å². The van der Waals surface area contributed by atoms with Gasteiger partial charge in [0.15, 0.2) is 0 Å². The number of pyridine rings is 1. The maximum absolute atomic E-state index is 5.82. The summed E-state index contributed by atoms with van der Waals surface area (Å²) < 4.78 is 5.20. The largest absolute Gasteiger partial charge is 0.497 e. The zero-order valence-electron chi connectivity index (χ0n) is 9.90. The number of ether oxygens (including phenoxy) is 1. The minimum atomic E-state index is 0.497. The highest BCUT2D eigenvalue weighted by molar-refractivity contribution is 6.17. The Kier molecular flexibility index (Phi) is 3.64. The van der Waals surface area contributed by atoms with E-state index in [1.165, 1.54) is 0 Å². The number of rotatable bonds is 3. The van der Waals surface area contributed by atoms with Crippen LogP contribution in [0.15, 0.2) is 36.4 Å². The molecule has 0 aliphatic carbocycles. The van der Waals surface area contributed by atoms with Crippen molar-refractivity contribution in [1.82, 2.24) is 4.98 Å². The molecule has 1 heterocycles. The second-order valence-corrected chi connectivity index (χ2v) is 4.07. The fourth-order valence-corrected chi connectivity index (χ4v) is 1.96. The number of benzene rings is 1. The van der Waals surface area contributed by atoms with Gasteiger partial charge >= 0.3 is 0 Å². The summed E-state index contributed by atoms with van der Waals surface area (Å²) in [7, 11) is 1.66. The van der Waals surface area contributed by atoms with Gasteiger partial charge in [-0.15, -0.1) is 11.6 Å². The number of aromatic nitrogens is 1. The summed E-state index contributed by atoms with van der Waals surface area (Å²) in [4.78, 5) is 4.55. The highest BCUT2D eigenvalue weighted by Crippen LogP contribution is 2.23. The summed E-state index contributed by atoms with van der Waals surface area (Å²) in [6.45, 7) is 1.97. The van der Waals surface area contributed by atoms with Crippen molar-refractivity contribution in [3.05, 3.63) is 47.7 Å². The molecular weight excluding hydrogens is 234 g/mol. The van der Waals surface area contributed by atoms with Gasteiger partial charge in [-0.05, 0) is 30.7 Å². The Hall–Kier alpha value is -1.54. The minimum absolute atomic E-state index is 0.497. The highest BCUT2D eigenvalue weighted by atomic mass is 35.5. The van der Waals surface area contributed by atoms with Crippen molar-refractivity contribution in [2.24, 2.45) is 0 Å². The first-order valence-electron chi connectivity index (χ1n) is 5.41. The molecule has 0 unspecified atom stereocenters. The van der Waals surface area contributed by atoms with Crippen LogP contribution < -0.4 is 4.74 Å². The van der Waals surface area contributed by atoms with Gasteiger partial charge in [0.2, 0.25) is 0 Å². The number of halogens is 1. The van der Waals surface area contributed by atoms with Gasteiger partial charge in [0.25, 0.3) is 0 Å². The molecule has 0 saturated heterocycles. The van der Waals surface area contributed by atoms with Gasteiger partial charge in [-0.25, -0.2) is 0 Å². The molecule has 0 spiro atoms. The van der Waals surface area contributed by atoms with Crippen LogP contribution in [-0.4, -0.2) is 12.1 Å². The summed E-state index contributed by atoms with van der Waals surface area (Å²) >= 11 is 5.82. The molecule has 2 nitrogen and oxygen atoms in total. The molecule has 0 fully saturated rings. The molecule has 0 atom stereocenters. The van der Waals surface area contributed by atoms with Crippen molar-refractivity contribution < 1.29 is 4.74 Å². The molecule has 0 N–H and O–H groups in total. The molecule has 3 heteroatoms. The number of hydrogen-bond acceptors (Lipinski definition) is 2. The SMILES string of the molecule is COc1cccc(-c2ccc(CCl)c(C)n2)c1. The van der Waals surface area contributed by atoms with Crippen molar-refractivity contribution in [3.63, 3.8) is 0 Å². The van der Waals surface area contributed by atoms with E-state index in [2.05, 4.69) is 4.98 Å². The number of aryl methyl sites for hydroxylation is 1. The predicted octanol–water partition coefficient (Wildman–Crippen LogP) is 3.80. The van der Waals surface area contributed by atoms with Crippen molar-refractivity contribution in [3.8, 4) is 17.0 Å². The van der Waals surface area contributed by atoms with E-state index in [4.69, 9.17) is 16.3 Å². The molecule has 2 rings (SSSR count). The van der Waals surface area contributed by atoms with E-state index in [-0.39, 0.29) is 0 Å². The maximum atomic E-state index is 5.82. The third-order valence-electron chi connectivity index (χ3n) is 2.70. The van der Waals surface area contributed by atoms with Crippen LogP contribution in [-0.2, 0) is 5.88 Å². The molecule has 1 aromatic heterocycles. The van der Waals surface area contributed by atoms with Crippen LogP contribution in [0, 0.1) is 6.92 Å². The Bertz CT molecular complexity index is 525. The smallest absolute Gasteiger partial charge is 0.119 e. The third kappa shape index (κ3) is 2.59. The van der Waals surface area contributed by atoms with Gasteiger partial charge in [-0.1, -0.05) is 18.2 Å². The monoisotopic (exact) mass is 247 g/mol. The zero-order chi connectivity index (χ0) is 12.3. The Morgan fingerprint density at radius 3 is 2.71 bits per heavy atom. The summed E-state index contributed by atoms with van der Waals surface area (Å²) in [6.07, 6.45) is 0. The standard InChI is InChI=1S/C14H14ClNO/c1-10-12(9-15)6-7-14(16-10)11-4-3-5-13(8-11)17-2/h3-8H,9H2,1-2H3. The third-order valence-corrected chi connectivity index (χ3v) is 2.99. The van der Waals surface area contributed by atoms with Crippen LogP contribution in [0.4, 0.5) is 0 Å². The Morgan fingerprint density at radius 1 is 1.24 bits per heavy atom. The van der Waals surface area contributed by atoms with E-state index in [1.807, 2.05) is 43.3 Å². The molecule has 17 heavy (non-hydrogen) atoms. The predicted molar refractivity (Wildman–Crippen MR) is 70.5 cm³/mol. The van der Waals surface area contributed by atoms with Crippen molar-refractivity contribution in [2.45, 2.75) is 12.8 Å². The molecule has 0 amide bonds. The van der Waals surface area contributed by atoms with Crippen molar-refractivity contribution in [1.29, 1.82) is 0 Å². The molecule has 88 valence electrons. The molecule has 1 aromatic carbocycles. The lowest BCUT2D eigenvalue weighted by atomic mass is 10.1. The van der Waals surface area contributed by atoms with Crippen LogP contribution in [0.1, 0.15) is 11.3 Å². The lowest BCUT2D eigenvalue weighted by molar-refractivity contribution is 0.415. The average Bonchev–Trinajstić information content (AvgIpc) is 2.38. The zero-order valence-corrected chi connectivity index (χ0v) is 10.7. The van der Waals surface area contributed by atoms with E-state index in [0.717, 1.165) is 28.3 Å². The number of alkyl halides is 1. The Balaban J connectivity index is 2.42. The van der Waals surface area contributed by atoms with E-state index in [9.17, 15) is 0 Å². The highest BCUT2D eigenvalue weighted by Gasteiger charge is 2.04.